The van der Waals surface area contributed by atoms with Gasteiger partial charge in [-0.25, -0.2) is 11.6 Å². The molecule has 4 heteroatoms. The first-order chi connectivity index (χ1) is 15.2. The fourth-order valence-corrected chi connectivity index (χ4v) is 3.61. The second-order valence-electron chi connectivity index (χ2n) is 8.88. The van der Waals surface area contributed by atoms with Crippen LogP contribution in [-0.4, -0.2) is 8.92 Å². The number of hydrogen-bond donors (Lipinski definition) is 1. The minimum absolute atomic E-state index is 0. The zero-order valence-electron chi connectivity index (χ0n) is 20.6. The zero-order chi connectivity index (χ0) is 23.6. The van der Waals surface area contributed by atoms with E-state index >= 15 is 0 Å². The van der Waals surface area contributed by atoms with E-state index in [-0.39, 0.29) is 30.2 Å². The van der Waals surface area contributed by atoms with Crippen molar-refractivity contribution < 1.29 is 49.9 Å². The van der Waals surface area contributed by atoms with E-state index in [1.165, 1.54) is 26.1 Å². The van der Waals surface area contributed by atoms with Gasteiger partial charge in [0.05, 0.1) is 0 Å². The molecule has 0 heterocycles. The average Bonchev–Trinajstić information content (AvgIpc) is 3.25. The summed E-state index contributed by atoms with van der Waals surface area (Å²) in [5.41, 5.74) is 6.26. The molecular weight excluding hydrogens is 495 g/mol. The van der Waals surface area contributed by atoms with Crippen LogP contribution in [0, 0.1) is 13.0 Å². The van der Waals surface area contributed by atoms with E-state index < -0.39 is 0 Å². The molecule has 34 heavy (non-hydrogen) atoms. The van der Waals surface area contributed by atoms with Crippen molar-refractivity contribution >= 4 is 3.81 Å². The van der Waals surface area contributed by atoms with Gasteiger partial charge >= 0.3 is 95.6 Å². The van der Waals surface area contributed by atoms with Gasteiger partial charge in [-0.2, -0.15) is 6.08 Å². The molecule has 0 saturated heterocycles. The molecule has 0 aliphatic heterocycles. The van der Waals surface area contributed by atoms with E-state index in [4.69, 9.17) is 0 Å². The first kappa shape index (κ1) is 32.1. The van der Waals surface area contributed by atoms with Crippen LogP contribution in [0.1, 0.15) is 56.4 Å². The number of halogens is 2. The first-order valence-corrected chi connectivity index (χ1v) is 11.7. The standard InChI is InChI=1S/C13H10.C11H16O.C6H7.2ClH.Ti/c1-3-7-12(8-4-1)11-13-9-5-2-6-10-13;1-8-5-9(11(2,3)4)7-10(12)6-8;1-6-4-2-3-5-6;;;/h1-10H;5-7,12H,1-4H3;2,4H,3H2,1H3;2*1H;/q;;-1;;;+1/p-2. The van der Waals surface area contributed by atoms with E-state index in [9.17, 15) is 5.11 Å². The number of allylic oxidation sites excluding steroid dienone is 4. The van der Waals surface area contributed by atoms with E-state index in [1.807, 2.05) is 25.1 Å². The Hall–Kier alpha value is -1.90. The van der Waals surface area contributed by atoms with Gasteiger partial charge in [0.2, 0.25) is 0 Å². The molecule has 1 N–H and O–H groups in total. The maximum absolute atomic E-state index is 9.36. The van der Waals surface area contributed by atoms with Crippen molar-refractivity contribution in [3.63, 3.8) is 0 Å². The number of aryl methyl sites for hydroxylation is 1. The molecule has 3 aromatic carbocycles. The predicted octanol–water partition coefficient (Wildman–Crippen LogP) is 1.50. The Kier molecular flexibility index (Phi) is 15.0. The molecule has 0 saturated carbocycles. The second kappa shape index (κ2) is 15.9. The molecule has 0 unspecified atom stereocenters. The summed E-state index contributed by atoms with van der Waals surface area (Å²) in [7, 11) is 0. The SMILES string of the molecule is CC1=[C-]CC=C1.Cc1cc(O)cc(C(C)(C)C)c1.[Cl-].[Cl-].[Ti+]=[C](c1ccccc1)c1ccccc1. The summed E-state index contributed by atoms with van der Waals surface area (Å²) in [6.45, 7) is 10.5. The van der Waals surface area contributed by atoms with Crippen LogP contribution in [0.3, 0.4) is 0 Å². The average molecular weight is 528 g/mol. The summed E-state index contributed by atoms with van der Waals surface area (Å²) in [6.07, 6.45) is 8.33. The molecule has 1 aliphatic rings. The summed E-state index contributed by atoms with van der Waals surface area (Å²) in [4.78, 5) is 0. The van der Waals surface area contributed by atoms with Crippen LogP contribution >= 0.6 is 0 Å². The van der Waals surface area contributed by atoms with Crippen LogP contribution < -0.4 is 24.8 Å². The fourth-order valence-electron chi connectivity index (χ4n) is 3.09. The molecule has 3 aromatic rings. The number of phenols is 1. The molecular formula is C30H33Cl2OTi-2. The van der Waals surface area contributed by atoms with Gasteiger partial charge in [0, 0.05) is 0 Å². The van der Waals surface area contributed by atoms with Crippen LogP contribution in [0.4, 0.5) is 0 Å². The Morgan fingerprint density at radius 3 is 1.65 bits per heavy atom. The predicted molar refractivity (Wildman–Crippen MR) is 134 cm³/mol. The van der Waals surface area contributed by atoms with Gasteiger partial charge in [-0.1, -0.05) is 33.8 Å². The number of aromatic hydroxyl groups is 1. The summed E-state index contributed by atoms with van der Waals surface area (Å²) in [5, 5.41) is 9.36. The van der Waals surface area contributed by atoms with Crippen molar-refractivity contribution in [2.75, 3.05) is 0 Å². The molecule has 0 bridgehead atoms. The summed E-state index contributed by atoms with van der Waals surface area (Å²) in [6, 6.07) is 26.6. The Balaban J connectivity index is 0.000000498. The van der Waals surface area contributed by atoms with Gasteiger partial charge in [-0.3, -0.25) is 6.08 Å². The topological polar surface area (TPSA) is 20.2 Å². The van der Waals surface area contributed by atoms with Crippen molar-refractivity contribution in [3.05, 3.63) is 125 Å². The van der Waals surface area contributed by atoms with Crippen molar-refractivity contribution in [2.45, 2.75) is 46.5 Å². The quantitative estimate of drug-likeness (QED) is 0.395. The molecule has 4 rings (SSSR count). The maximum atomic E-state index is 9.36. The van der Waals surface area contributed by atoms with Gasteiger partial charge in [0.25, 0.3) is 0 Å². The minimum atomic E-state index is 0. The zero-order valence-corrected chi connectivity index (χ0v) is 23.6. The van der Waals surface area contributed by atoms with Gasteiger partial charge < -0.3 is 29.9 Å². The van der Waals surface area contributed by atoms with Crippen molar-refractivity contribution in [2.24, 2.45) is 0 Å². The second-order valence-corrected chi connectivity index (χ2v) is 9.66. The molecule has 0 aromatic heterocycles. The van der Waals surface area contributed by atoms with Crippen molar-refractivity contribution in [1.82, 2.24) is 0 Å². The summed E-state index contributed by atoms with van der Waals surface area (Å²) in [5.74, 6) is 0.361. The van der Waals surface area contributed by atoms with Crippen molar-refractivity contribution in [3.8, 4) is 5.75 Å². The van der Waals surface area contributed by atoms with Crippen molar-refractivity contribution in [1.29, 1.82) is 0 Å². The van der Waals surface area contributed by atoms with Gasteiger partial charge in [0.15, 0.2) is 0 Å². The van der Waals surface area contributed by atoms with Crippen LogP contribution in [0.15, 0.2) is 96.6 Å². The third-order valence-electron chi connectivity index (χ3n) is 4.92. The summed E-state index contributed by atoms with van der Waals surface area (Å²) >= 11 is 2.16. The van der Waals surface area contributed by atoms with Gasteiger partial charge in [0.1, 0.15) is 5.75 Å². The number of benzene rings is 3. The van der Waals surface area contributed by atoms with E-state index in [0.717, 1.165) is 12.0 Å². The Morgan fingerprint density at radius 1 is 0.824 bits per heavy atom. The van der Waals surface area contributed by atoms with E-state index in [1.54, 1.807) is 6.07 Å². The molecule has 0 amide bonds. The van der Waals surface area contributed by atoms with Crippen LogP contribution in [0.5, 0.6) is 5.75 Å². The summed E-state index contributed by atoms with van der Waals surface area (Å²) < 4.78 is 1.33. The molecule has 179 valence electrons. The molecule has 0 atom stereocenters. The van der Waals surface area contributed by atoms with Crippen LogP contribution in [-0.2, 0) is 25.4 Å². The van der Waals surface area contributed by atoms with E-state index in [2.05, 4.69) is 120 Å². The number of phenolic OH excluding ortho intramolecular Hbond substituents is 1. The first-order valence-electron chi connectivity index (χ1n) is 10.9. The third-order valence-corrected chi connectivity index (χ3v) is 5.82. The Bertz CT molecular complexity index is 1000. The Morgan fingerprint density at radius 2 is 1.32 bits per heavy atom. The molecule has 0 fully saturated rings. The normalized spacial score (nSPS) is 11.4. The third kappa shape index (κ3) is 11.5. The molecule has 0 spiro atoms. The Labute approximate surface area is 229 Å². The van der Waals surface area contributed by atoms with E-state index in [0.29, 0.717) is 5.75 Å². The fraction of sp³-hybridized carbons (Fsp3) is 0.233. The molecule has 1 nitrogen and oxygen atoms in total. The van der Waals surface area contributed by atoms with Crippen LogP contribution in [0.2, 0.25) is 0 Å². The monoisotopic (exact) mass is 527 g/mol. The number of rotatable bonds is 2. The number of hydrogen-bond acceptors (Lipinski definition) is 1. The van der Waals surface area contributed by atoms with Gasteiger partial charge in [-0.05, 0) is 35.6 Å². The molecule has 1 aliphatic carbocycles. The van der Waals surface area contributed by atoms with Gasteiger partial charge in [-0.15, -0.1) is 6.42 Å². The van der Waals surface area contributed by atoms with Crippen LogP contribution in [0.25, 0.3) is 0 Å². The molecule has 0 radical (unpaired) electrons.